The summed E-state index contributed by atoms with van der Waals surface area (Å²) in [6.07, 6.45) is -5.09. The minimum atomic E-state index is -5.09. The van der Waals surface area contributed by atoms with Gasteiger partial charge in [0.15, 0.2) is 5.75 Å². The Morgan fingerprint density at radius 1 is 1.47 bits per heavy atom. The predicted molar refractivity (Wildman–Crippen MR) is 44.4 cm³/mol. The standard InChI is InChI=1S/C8H5F4NO4/c9-2-4-6(14)3(7(15)16)1-5(13-4)17-8(10,11)12/h1,14H,2H2,(H,15,16). The third kappa shape index (κ3) is 3.20. The van der Waals surface area contributed by atoms with Gasteiger partial charge in [-0.15, -0.1) is 13.2 Å². The maximum Gasteiger partial charge on any atom is 0.574 e. The molecule has 2 N–H and O–H groups in total. The number of aromatic carboxylic acids is 1. The fourth-order valence-corrected chi connectivity index (χ4v) is 0.993. The summed E-state index contributed by atoms with van der Waals surface area (Å²) in [5.41, 5.74) is -1.77. The fraction of sp³-hybridized carbons (Fsp3) is 0.250. The molecule has 1 rings (SSSR count). The Hall–Kier alpha value is -2.06. The highest BCUT2D eigenvalue weighted by Gasteiger charge is 2.33. The van der Waals surface area contributed by atoms with Crippen LogP contribution in [0.4, 0.5) is 17.6 Å². The van der Waals surface area contributed by atoms with Crippen molar-refractivity contribution in [3.8, 4) is 11.6 Å². The molecule has 9 heteroatoms. The smallest absolute Gasteiger partial charge is 0.505 e. The van der Waals surface area contributed by atoms with E-state index in [0.29, 0.717) is 6.07 Å². The van der Waals surface area contributed by atoms with Gasteiger partial charge in [-0.05, 0) is 0 Å². The largest absolute Gasteiger partial charge is 0.574 e. The van der Waals surface area contributed by atoms with Crippen molar-refractivity contribution in [2.75, 3.05) is 0 Å². The van der Waals surface area contributed by atoms with E-state index < -0.39 is 41.9 Å². The Labute approximate surface area is 91.3 Å². The van der Waals surface area contributed by atoms with Crippen LogP contribution in [0, 0.1) is 0 Å². The van der Waals surface area contributed by atoms with Gasteiger partial charge in [0, 0.05) is 6.07 Å². The second-order valence-electron chi connectivity index (χ2n) is 2.79. The SMILES string of the molecule is O=C(O)c1cc(OC(F)(F)F)nc(CF)c1O. The van der Waals surface area contributed by atoms with Crippen LogP contribution in [0.25, 0.3) is 0 Å². The average Bonchev–Trinajstić information content (AvgIpc) is 2.17. The number of hydrogen-bond acceptors (Lipinski definition) is 4. The van der Waals surface area contributed by atoms with E-state index in [4.69, 9.17) is 10.2 Å². The van der Waals surface area contributed by atoms with Gasteiger partial charge in [-0.25, -0.2) is 14.2 Å². The van der Waals surface area contributed by atoms with Gasteiger partial charge in [-0.1, -0.05) is 0 Å². The van der Waals surface area contributed by atoms with Gasteiger partial charge >= 0.3 is 12.3 Å². The van der Waals surface area contributed by atoms with Crippen molar-refractivity contribution in [3.05, 3.63) is 17.3 Å². The van der Waals surface area contributed by atoms with Crippen LogP contribution < -0.4 is 4.74 Å². The first-order valence-electron chi connectivity index (χ1n) is 4.02. The maximum atomic E-state index is 12.3. The summed E-state index contributed by atoms with van der Waals surface area (Å²) in [7, 11) is 0. The third-order valence-corrected chi connectivity index (χ3v) is 1.62. The van der Waals surface area contributed by atoms with Crippen molar-refractivity contribution >= 4 is 5.97 Å². The highest BCUT2D eigenvalue weighted by molar-refractivity contribution is 5.91. The van der Waals surface area contributed by atoms with Crippen LogP contribution in [0.1, 0.15) is 16.1 Å². The minimum absolute atomic E-state index is 0.352. The Bertz CT molecular complexity index is 446. The summed E-state index contributed by atoms with van der Waals surface area (Å²) in [6.45, 7) is -1.43. The van der Waals surface area contributed by atoms with E-state index >= 15 is 0 Å². The molecule has 0 unspecified atom stereocenters. The molecule has 0 radical (unpaired) electrons. The van der Waals surface area contributed by atoms with Crippen molar-refractivity contribution in [3.63, 3.8) is 0 Å². The van der Waals surface area contributed by atoms with Crippen LogP contribution in [0.3, 0.4) is 0 Å². The molecule has 0 amide bonds. The van der Waals surface area contributed by atoms with Crippen LogP contribution in [-0.4, -0.2) is 27.5 Å². The minimum Gasteiger partial charge on any atom is -0.505 e. The third-order valence-electron chi connectivity index (χ3n) is 1.62. The molecular formula is C8H5F4NO4. The highest BCUT2D eigenvalue weighted by atomic mass is 19.4. The van der Waals surface area contributed by atoms with Crippen molar-refractivity contribution in [1.82, 2.24) is 4.98 Å². The summed E-state index contributed by atoms with van der Waals surface area (Å²) in [6, 6.07) is 0.352. The van der Waals surface area contributed by atoms with Gasteiger partial charge < -0.3 is 14.9 Å². The Morgan fingerprint density at radius 3 is 2.47 bits per heavy atom. The van der Waals surface area contributed by atoms with E-state index in [1.54, 1.807) is 0 Å². The van der Waals surface area contributed by atoms with Crippen LogP contribution in [-0.2, 0) is 6.67 Å². The monoisotopic (exact) mass is 255 g/mol. The quantitative estimate of drug-likeness (QED) is 0.806. The van der Waals surface area contributed by atoms with E-state index in [0.717, 1.165) is 0 Å². The van der Waals surface area contributed by atoms with E-state index in [2.05, 4.69) is 9.72 Å². The van der Waals surface area contributed by atoms with Crippen molar-refractivity contribution in [2.24, 2.45) is 0 Å². The number of carboxylic acids is 1. The molecule has 1 aromatic rings. The van der Waals surface area contributed by atoms with Gasteiger partial charge in [-0.2, -0.15) is 0 Å². The van der Waals surface area contributed by atoms with Gasteiger partial charge in [-0.3, -0.25) is 0 Å². The molecule has 0 saturated heterocycles. The van der Waals surface area contributed by atoms with Crippen LogP contribution >= 0.6 is 0 Å². The van der Waals surface area contributed by atoms with Gasteiger partial charge in [0.05, 0.1) is 0 Å². The number of carbonyl (C=O) groups is 1. The van der Waals surface area contributed by atoms with E-state index in [9.17, 15) is 22.4 Å². The first kappa shape index (κ1) is 13.0. The average molecular weight is 255 g/mol. The van der Waals surface area contributed by atoms with Crippen molar-refractivity contribution < 1.29 is 37.3 Å². The molecule has 5 nitrogen and oxygen atoms in total. The number of pyridine rings is 1. The number of hydrogen-bond donors (Lipinski definition) is 2. The lowest BCUT2D eigenvalue weighted by molar-refractivity contribution is -0.276. The number of carboxylic acid groups (broad SMARTS) is 1. The normalized spacial score (nSPS) is 11.3. The van der Waals surface area contributed by atoms with Crippen molar-refractivity contribution in [1.29, 1.82) is 0 Å². The Kier molecular flexibility index (Phi) is 3.39. The first-order chi connectivity index (χ1) is 7.74. The number of aromatic nitrogens is 1. The molecule has 94 valence electrons. The maximum absolute atomic E-state index is 12.3. The molecule has 0 saturated carbocycles. The molecule has 1 heterocycles. The molecule has 0 atom stereocenters. The lowest BCUT2D eigenvalue weighted by Crippen LogP contribution is -2.18. The molecule has 17 heavy (non-hydrogen) atoms. The van der Waals surface area contributed by atoms with E-state index in [-0.39, 0.29) is 0 Å². The lowest BCUT2D eigenvalue weighted by Gasteiger charge is -2.10. The zero-order valence-corrected chi connectivity index (χ0v) is 7.95. The Morgan fingerprint density at radius 2 is 2.06 bits per heavy atom. The van der Waals surface area contributed by atoms with Crippen molar-refractivity contribution in [2.45, 2.75) is 13.0 Å². The molecular weight excluding hydrogens is 250 g/mol. The van der Waals surface area contributed by atoms with Gasteiger partial charge in [0.1, 0.15) is 17.9 Å². The molecule has 0 aliphatic carbocycles. The second-order valence-corrected chi connectivity index (χ2v) is 2.79. The summed E-state index contributed by atoms with van der Waals surface area (Å²) < 4.78 is 51.2. The fourth-order valence-electron chi connectivity index (χ4n) is 0.993. The number of rotatable bonds is 3. The zero-order chi connectivity index (χ0) is 13.2. The highest BCUT2D eigenvalue weighted by Crippen LogP contribution is 2.29. The summed E-state index contributed by atoms with van der Waals surface area (Å²) in [5.74, 6) is -3.92. The van der Waals surface area contributed by atoms with Crippen LogP contribution in [0.5, 0.6) is 11.6 Å². The molecule has 0 bridgehead atoms. The number of halogens is 4. The summed E-state index contributed by atoms with van der Waals surface area (Å²) in [4.78, 5) is 13.5. The van der Waals surface area contributed by atoms with Crippen LogP contribution in [0.2, 0.25) is 0 Å². The first-order valence-corrected chi connectivity index (χ1v) is 4.02. The predicted octanol–water partition coefficient (Wildman–Crippen LogP) is 1.85. The zero-order valence-electron chi connectivity index (χ0n) is 7.95. The molecule has 1 aromatic heterocycles. The molecule has 0 fully saturated rings. The molecule has 0 spiro atoms. The molecule has 0 aromatic carbocycles. The number of nitrogens with zero attached hydrogens (tertiary/aromatic N) is 1. The number of ether oxygens (including phenoxy) is 1. The topological polar surface area (TPSA) is 79.7 Å². The second kappa shape index (κ2) is 4.44. The molecule has 0 aliphatic heterocycles. The lowest BCUT2D eigenvalue weighted by atomic mass is 10.2. The summed E-state index contributed by atoms with van der Waals surface area (Å²) in [5, 5.41) is 17.7. The van der Waals surface area contributed by atoms with E-state index in [1.165, 1.54) is 0 Å². The number of alkyl halides is 4. The van der Waals surface area contributed by atoms with Crippen LogP contribution in [0.15, 0.2) is 6.07 Å². The molecule has 0 aliphatic rings. The van der Waals surface area contributed by atoms with Gasteiger partial charge in [0.2, 0.25) is 5.88 Å². The number of aromatic hydroxyl groups is 1. The van der Waals surface area contributed by atoms with E-state index in [1.807, 2.05) is 0 Å². The Balaban J connectivity index is 3.25. The van der Waals surface area contributed by atoms with Gasteiger partial charge in [0.25, 0.3) is 0 Å². The summed E-state index contributed by atoms with van der Waals surface area (Å²) >= 11 is 0.